The van der Waals surface area contributed by atoms with Crippen LogP contribution in [0.15, 0.2) is 53.4 Å². The Hall–Kier alpha value is -2.47. The van der Waals surface area contributed by atoms with E-state index in [2.05, 4.69) is 10.9 Å². The summed E-state index contributed by atoms with van der Waals surface area (Å²) in [6.45, 7) is 3.76. The van der Waals surface area contributed by atoms with Gasteiger partial charge in [0.15, 0.2) is 0 Å². The number of aromatic hydroxyl groups is 1. The topological polar surface area (TPSA) is 78.4 Å². The van der Waals surface area contributed by atoms with Crippen molar-refractivity contribution in [3.05, 3.63) is 59.7 Å². The van der Waals surface area contributed by atoms with E-state index in [1.807, 2.05) is 31.2 Å². The van der Waals surface area contributed by atoms with Crippen molar-refractivity contribution in [2.24, 2.45) is 0 Å². The number of phenols is 1. The summed E-state index contributed by atoms with van der Waals surface area (Å²) < 4.78 is 0. The van der Waals surface area contributed by atoms with E-state index in [4.69, 9.17) is 0 Å². The first-order valence-corrected chi connectivity index (χ1v) is 7.97. The molecule has 0 unspecified atom stereocenters. The maximum absolute atomic E-state index is 12.0. The minimum atomic E-state index is -0.566. The maximum Gasteiger partial charge on any atom is 0.273 e. The molecule has 0 aromatic heterocycles. The number of carbonyl (C=O) groups excluding carboxylic acids is 2. The fourth-order valence-corrected chi connectivity index (χ4v) is 2.69. The Morgan fingerprint density at radius 2 is 1.70 bits per heavy atom. The Bertz CT molecular complexity index is 701. The second-order valence-electron chi connectivity index (χ2n) is 5.03. The second-order valence-corrected chi connectivity index (χ2v) is 6.45. The van der Waals surface area contributed by atoms with E-state index in [1.54, 1.807) is 19.1 Å². The smallest absolute Gasteiger partial charge is 0.273 e. The Balaban J connectivity index is 1.87. The highest BCUT2D eigenvalue weighted by atomic mass is 32.2. The van der Waals surface area contributed by atoms with Crippen LogP contribution in [0.2, 0.25) is 0 Å². The normalized spacial score (nSPS) is 11.6. The average molecular weight is 330 g/mol. The second kappa shape index (κ2) is 7.69. The summed E-state index contributed by atoms with van der Waals surface area (Å²) in [4.78, 5) is 24.9. The van der Waals surface area contributed by atoms with E-state index in [0.717, 1.165) is 10.5 Å². The summed E-state index contributed by atoms with van der Waals surface area (Å²) in [5.41, 5.74) is 5.93. The van der Waals surface area contributed by atoms with Crippen LogP contribution in [0.3, 0.4) is 0 Å². The van der Waals surface area contributed by atoms with Crippen LogP contribution in [-0.4, -0.2) is 22.2 Å². The van der Waals surface area contributed by atoms with Crippen LogP contribution in [0.1, 0.15) is 22.8 Å². The molecule has 2 aromatic carbocycles. The Kier molecular flexibility index (Phi) is 5.65. The van der Waals surface area contributed by atoms with Gasteiger partial charge in [0.25, 0.3) is 11.8 Å². The van der Waals surface area contributed by atoms with Gasteiger partial charge in [0.1, 0.15) is 5.75 Å². The predicted molar refractivity (Wildman–Crippen MR) is 90.2 cm³/mol. The lowest BCUT2D eigenvalue weighted by molar-refractivity contribution is -0.121. The molecule has 2 rings (SSSR count). The third-order valence-electron chi connectivity index (χ3n) is 3.15. The minimum Gasteiger partial charge on any atom is -0.507 e. The SMILES string of the molecule is Cc1ccc(S[C@H](C)C(=O)NNC(=O)c2ccccc2O)cc1. The Morgan fingerprint density at radius 1 is 1.04 bits per heavy atom. The van der Waals surface area contributed by atoms with Crippen molar-refractivity contribution in [1.82, 2.24) is 10.9 Å². The van der Waals surface area contributed by atoms with Gasteiger partial charge in [0.05, 0.1) is 10.8 Å². The fourth-order valence-electron chi connectivity index (χ4n) is 1.83. The van der Waals surface area contributed by atoms with E-state index in [0.29, 0.717) is 0 Å². The van der Waals surface area contributed by atoms with Gasteiger partial charge in [-0.15, -0.1) is 11.8 Å². The van der Waals surface area contributed by atoms with Gasteiger partial charge in [-0.05, 0) is 38.1 Å². The molecule has 0 saturated carbocycles. The molecular formula is C17H18N2O3S. The van der Waals surface area contributed by atoms with Crippen molar-refractivity contribution in [1.29, 1.82) is 0 Å². The molecular weight excluding hydrogens is 312 g/mol. The van der Waals surface area contributed by atoms with Crippen molar-refractivity contribution in [2.45, 2.75) is 24.0 Å². The summed E-state index contributed by atoms with van der Waals surface area (Å²) in [7, 11) is 0. The van der Waals surface area contributed by atoms with Crippen LogP contribution < -0.4 is 10.9 Å². The molecule has 3 N–H and O–H groups in total. The van der Waals surface area contributed by atoms with Gasteiger partial charge in [-0.1, -0.05) is 29.8 Å². The first-order valence-electron chi connectivity index (χ1n) is 7.09. The molecule has 0 bridgehead atoms. The van der Waals surface area contributed by atoms with Crippen molar-refractivity contribution >= 4 is 23.6 Å². The number of aryl methyl sites for hydroxylation is 1. The zero-order valence-corrected chi connectivity index (χ0v) is 13.7. The van der Waals surface area contributed by atoms with Gasteiger partial charge in [-0.2, -0.15) is 0 Å². The molecule has 6 heteroatoms. The van der Waals surface area contributed by atoms with E-state index in [9.17, 15) is 14.7 Å². The molecule has 1 atom stereocenters. The first-order chi connectivity index (χ1) is 11.0. The summed E-state index contributed by atoms with van der Waals surface area (Å²) >= 11 is 1.40. The summed E-state index contributed by atoms with van der Waals surface area (Å²) in [6.07, 6.45) is 0. The van der Waals surface area contributed by atoms with Crippen LogP contribution in [0.4, 0.5) is 0 Å². The van der Waals surface area contributed by atoms with E-state index in [1.165, 1.54) is 23.9 Å². The lowest BCUT2D eigenvalue weighted by atomic mass is 10.2. The zero-order chi connectivity index (χ0) is 16.8. The highest BCUT2D eigenvalue weighted by molar-refractivity contribution is 8.00. The number of para-hydroxylation sites is 1. The van der Waals surface area contributed by atoms with E-state index >= 15 is 0 Å². The highest BCUT2D eigenvalue weighted by Crippen LogP contribution is 2.23. The van der Waals surface area contributed by atoms with Crippen LogP contribution in [0, 0.1) is 6.92 Å². The third-order valence-corrected chi connectivity index (χ3v) is 4.26. The van der Waals surface area contributed by atoms with E-state index < -0.39 is 5.91 Å². The molecule has 0 radical (unpaired) electrons. The van der Waals surface area contributed by atoms with Gasteiger partial charge in [-0.25, -0.2) is 0 Å². The molecule has 5 nitrogen and oxygen atoms in total. The quantitative estimate of drug-likeness (QED) is 0.595. The molecule has 0 aliphatic carbocycles. The molecule has 0 fully saturated rings. The van der Waals surface area contributed by atoms with Crippen molar-refractivity contribution in [3.8, 4) is 5.75 Å². The van der Waals surface area contributed by atoms with Crippen LogP contribution in [-0.2, 0) is 4.79 Å². The minimum absolute atomic E-state index is 0.103. The van der Waals surface area contributed by atoms with Crippen LogP contribution in [0.25, 0.3) is 0 Å². The molecule has 0 spiro atoms. The monoisotopic (exact) mass is 330 g/mol. The number of hydrogen-bond acceptors (Lipinski definition) is 4. The van der Waals surface area contributed by atoms with Gasteiger partial charge in [0.2, 0.25) is 0 Å². The molecule has 120 valence electrons. The predicted octanol–water partition coefficient (Wildman–Crippen LogP) is 2.64. The number of nitrogens with one attached hydrogen (secondary N) is 2. The lowest BCUT2D eigenvalue weighted by Crippen LogP contribution is -2.44. The van der Waals surface area contributed by atoms with Gasteiger partial charge < -0.3 is 5.11 Å². The molecule has 0 aliphatic rings. The maximum atomic E-state index is 12.0. The number of carbonyl (C=O) groups is 2. The molecule has 2 amide bonds. The number of hydrazine groups is 1. The largest absolute Gasteiger partial charge is 0.507 e. The number of hydrogen-bond donors (Lipinski definition) is 3. The van der Waals surface area contributed by atoms with Crippen molar-refractivity contribution in [3.63, 3.8) is 0 Å². The molecule has 23 heavy (non-hydrogen) atoms. The van der Waals surface area contributed by atoms with E-state index in [-0.39, 0.29) is 22.5 Å². The number of phenolic OH excluding ortho intramolecular Hbond substituents is 1. The summed E-state index contributed by atoms with van der Waals surface area (Å²) in [5, 5.41) is 9.22. The van der Waals surface area contributed by atoms with Gasteiger partial charge in [-0.3, -0.25) is 20.4 Å². The van der Waals surface area contributed by atoms with Crippen molar-refractivity contribution in [2.75, 3.05) is 0 Å². The van der Waals surface area contributed by atoms with Gasteiger partial charge >= 0.3 is 0 Å². The highest BCUT2D eigenvalue weighted by Gasteiger charge is 2.16. The third kappa shape index (κ3) is 4.75. The molecule has 0 saturated heterocycles. The number of amides is 2. The average Bonchev–Trinajstić information content (AvgIpc) is 2.54. The lowest BCUT2D eigenvalue weighted by Gasteiger charge is -2.13. The molecule has 2 aromatic rings. The fraction of sp³-hybridized carbons (Fsp3) is 0.176. The number of benzene rings is 2. The Labute approximate surface area is 139 Å². The van der Waals surface area contributed by atoms with Gasteiger partial charge in [0, 0.05) is 4.90 Å². The molecule has 0 heterocycles. The summed E-state index contributed by atoms with van der Waals surface area (Å²) in [6, 6.07) is 14.0. The Morgan fingerprint density at radius 3 is 2.35 bits per heavy atom. The zero-order valence-electron chi connectivity index (χ0n) is 12.9. The molecule has 0 aliphatic heterocycles. The van der Waals surface area contributed by atoms with Crippen molar-refractivity contribution < 1.29 is 14.7 Å². The number of thioether (sulfide) groups is 1. The number of rotatable bonds is 4. The van der Waals surface area contributed by atoms with Crippen LogP contribution in [0.5, 0.6) is 5.75 Å². The standard InChI is InChI=1S/C17H18N2O3S/c1-11-7-9-13(10-8-11)23-12(2)16(21)18-19-17(22)14-5-3-4-6-15(14)20/h3-10,12,20H,1-2H3,(H,18,21)(H,19,22)/t12-/m1/s1. The summed E-state index contributed by atoms with van der Waals surface area (Å²) in [5.74, 6) is -1.02. The first kappa shape index (κ1) is 16.9. The van der Waals surface area contributed by atoms with Crippen LogP contribution >= 0.6 is 11.8 Å².